The Hall–Kier alpha value is -8.74. The molecular formula is C71H76N4O23. The second-order valence-electron chi connectivity index (χ2n) is 23.4. The molecule has 0 saturated carbocycles. The number of alkyl carbamates (subject to hydrolysis) is 1. The van der Waals surface area contributed by atoms with Crippen LogP contribution in [0, 0.1) is 0 Å². The quantitative estimate of drug-likeness (QED) is 0.0159. The Morgan fingerprint density at radius 1 is 0.500 bits per heavy atom. The third kappa shape index (κ3) is 17.0. The fourth-order valence-corrected chi connectivity index (χ4v) is 12.3. The van der Waals surface area contributed by atoms with Gasteiger partial charge in [-0.15, -0.1) is 0 Å². The van der Waals surface area contributed by atoms with Crippen LogP contribution in [0.15, 0.2) is 187 Å². The van der Waals surface area contributed by atoms with Crippen molar-refractivity contribution in [3.05, 3.63) is 226 Å². The third-order valence-electron chi connectivity index (χ3n) is 17.1. The first-order valence-corrected chi connectivity index (χ1v) is 31.9. The number of esters is 4. The van der Waals surface area contributed by atoms with Crippen LogP contribution in [0.4, 0.5) is 4.79 Å². The van der Waals surface area contributed by atoms with Crippen molar-refractivity contribution >= 4 is 30.0 Å². The average Bonchev–Trinajstić information content (AvgIpc) is 0.887. The number of carbonyl (C=O) groups excluding carboxylic acids is 5. The molecule has 5 aliphatic rings. The lowest BCUT2D eigenvalue weighted by molar-refractivity contribution is -0.373. The number of nitrogens with zero attached hydrogens (tertiary/aromatic N) is 3. The fourth-order valence-electron chi connectivity index (χ4n) is 12.3. The van der Waals surface area contributed by atoms with Gasteiger partial charge in [0.25, 0.3) is 0 Å². The number of methoxy groups -OCH3 is 3. The van der Waals surface area contributed by atoms with Gasteiger partial charge in [0.1, 0.15) is 73.6 Å². The van der Waals surface area contributed by atoms with Crippen molar-refractivity contribution in [3.63, 3.8) is 0 Å². The van der Waals surface area contributed by atoms with E-state index in [2.05, 4.69) is 15.3 Å². The van der Waals surface area contributed by atoms with Crippen LogP contribution >= 0.6 is 0 Å². The molecule has 0 aromatic heterocycles. The summed E-state index contributed by atoms with van der Waals surface area (Å²) in [5.74, 6) is -3.67. The van der Waals surface area contributed by atoms with Crippen LogP contribution in [0.3, 0.4) is 0 Å². The van der Waals surface area contributed by atoms with Crippen molar-refractivity contribution in [1.82, 2.24) is 5.32 Å². The average molecular weight is 1350 g/mol. The number of aliphatic hydroxyl groups excluding tert-OH is 1. The molecule has 518 valence electrons. The molecule has 6 aromatic carbocycles. The Balaban J connectivity index is 0.965. The molecule has 5 aliphatic heterocycles. The molecule has 2 N–H and O–H groups in total. The molecular weight excluding hydrogens is 1280 g/mol. The molecule has 0 radical (unpaired) electrons. The van der Waals surface area contributed by atoms with Crippen molar-refractivity contribution < 1.29 is 110 Å². The van der Waals surface area contributed by atoms with E-state index in [-0.39, 0.29) is 44.0 Å². The van der Waals surface area contributed by atoms with E-state index in [0.717, 1.165) is 25.3 Å². The molecule has 5 fully saturated rings. The largest absolute Gasteiger partial charge is 0.467 e. The van der Waals surface area contributed by atoms with Crippen molar-refractivity contribution in [2.45, 2.75) is 162 Å². The van der Waals surface area contributed by atoms with Gasteiger partial charge in [-0.25, -0.2) is 24.0 Å². The number of benzene rings is 6. The summed E-state index contributed by atoms with van der Waals surface area (Å²) in [6.07, 6.45) is -28.2. The van der Waals surface area contributed by atoms with E-state index in [9.17, 15) is 34.6 Å². The van der Waals surface area contributed by atoms with Gasteiger partial charge in [-0.2, -0.15) is 0 Å². The Bertz CT molecular complexity index is 3590. The minimum absolute atomic E-state index is 0.0331. The Kier molecular flexibility index (Phi) is 24.6. The number of azide groups is 1. The Morgan fingerprint density at radius 3 is 1.47 bits per heavy atom. The lowest BCUT2D eigenvalue weighted by Crippen LogP contribution is -2.69. The monoisotopic (exact) mass is 1350 g/mol. The van der Waals surface area contributed by atoms with Gasteiger partial charge in [0, 0.05) is 12.0 Å². The lowest BCUT2D eigenvalue weighted by Gasteiger charge is -2.50. The van der Waals surface area contributed by atoms with E-state index in [0.29, 0.717) is 11.1 Å². The van der Waals surface area contributed by atoms with Crippen LogP contribution in [0.1, 0.15) is 56.3 Å². The topological polar surface area (TPSA) is 323 Å². The summed E-state index contributed by atoms with van der Waals surface area (Å²) < 4.78 is 109. The summed E-state index contributed by atoms with van der Waals surface area (Å²) in [4.78, 5) is 73.9. The zero-order valence-corrected chi connectivity index (χ0v) is 53.9. The second-order valence-corrected chi connectivity index (χ2v) is 23.4. The van der Waals surface area contributed by atoms with E-state index in [1.54, 1.807) is 110 Å². The molecule has 5 heterocycles. The molecule has 27 heteroatoms. The molecule has 6 aromatic rings. The maximum atomic E-state index is 14.8. The summed E-state index contributed by atoms with van der Waals surface area (Å²) in [7, 11) is 3.56. The number of carbonyl (C=O) groups is 5. The first-order valence-electron chi connectivity index (χ1n) is 31.9. The molecule has 0 aliphatic carbocycles. The van der Waals surface area contributed by atoms with E-state index in [1.165, 1.54) is 19.2 Å². The number of rotatable bonds is 28. The van der Waals surface area contributed by atoms with Crippen molar-refractivity contribution in [3.8, 4) is 0 Å². The zero-order valence-electron chi connectivity index (χ0n) is 53.9. The van der Waals surface area contributed by atoms with Crippen molar-refractivity contribution in [2.75, 3.05) is 27.9 Å². The number of fused-ring (bicyclic) bond motifs is 1. The van der Waals surface area contributed by atoms with Gasteiger partial charge < -0.3 is 90.9 Å². The normalized spacial score (nSPS) is 30.4. The maximum absolute atomic E-state index is 14.8. The number of ether oxygens (including phenoxy) is 17. The van der Waals surface area contributed by atoms with Gasteiger partial charge in [-0.1, -0.05) is 170 Å². The zero-order chi connectivity index (χ0) is 68.5. The minimum Gasteiger partial charge on any atom is -0.467 e. The lowest BCUT2D eigenvalue weighted by atomic mass is 9.93. The molecule has 11 rings (SSSR count). The van der Waals surface area contributed by atoms with Crippen LogP contribution in [-0.2, 0) is 117 Å². The molecule has 1 amide bonds. The molecule has 98 heavy (non-hydrogen) atoms. The highest BCUT2D eigenvalue weighted by molar-refractivity contribution is 5.90. The highest BCUT2D eigenvalue weighted by atomic mass is 16.8. The van der Waals surface area contributed by atoms with Gasteiger partial charge in [0.2, 0.25) is 0 Å². The van der Waals surface area contributed by atoms with Crippen LogP contribution < -0.4 is 5.32 Å². The first kappa shape index (κ1) is 70.6. The number of hydrogen-bond donors (Lipinski definition) is 2. The number of amides is 1. The highest BCUT2D eigenvalue weighted by Gasteiger charge is 2.62. The molecule has 20 atom stereocenters. The van der Waals surface area contributed by atoms with Crippen LogP contribution in [0.2, 0.25) is 0 Å². The summed E-state index contributed by atoms with van der Waals surface area (Å²) >= 11 is 0. The fraction of sp³-hybridized carbons (Fsp3) is 0.423. The molecule has 9 unspecified atom stereocenters. The molecule has 0 spiro atoms. The van der Waals surface area contributed by atoms with Gasteiger partial charge in [0.05, 0.1) is 57.9 Å². The van der Waals surface area contributed by atoms with Crippen molar-refractivity contribution in [2.24, 2.45) is 5.11 Å². The van der Waals surface area contributed by atoms with Crippen LogP contribution in [-0.4, -0.2) is 186 Å². The Morgan fingerprint density at radius 2 is 0.949 bits per heavy atom. The van der Waals surface area contributed by atoms with Gasteiger partial charge in [0.15, 0.2) is 49.6 Å². The summed E-state index contributed by atoms with van der Waals surface area (Å²) in [6.45, 7) is 0.806. The third-order valence-corrected chi connectivity index (χ3v) is 17.1. The van der Waals surface area contributed by atoms with Crippen LogP contribution in [0.5, 0.6) is 0 Å². The Labute approximate surface area is 564 Å². The van der Waals surface area contributed by atoms with Crippen LogP contribution in [0.25, 0.3) is 10.4 Å². The first-order chi connectivity index (χ1) is 47.9. The minimum atomic E-state index is -1.92. The second kappa shape index (κ2) is 34.2. The van der Waals surface area contributed by atoms with Gasteiger partial charge in [-0.05, 0) is 58.5 Å². The van der Waals surface area contributed by atoms with E-state index in [1.807, 2.05) is 66.7 Å². The SMILES string of the molecule is CCC1O[C@@H](OC2C(C(=O)OC)O[C@@H](O[C@@H]3C(COC(=O)c4ccccc4)O[C@H](OC)C(N=[N+]=[N-])[C@H]3OCc3ccccc3)C(OC(=O)c3ccccc3)[C@@H]2OCc2ccccc2)C2NC(=O)O[C@H]2[C@@H]1O[C@@H]1OC(C(=O)OC)[C@@H](O)[C@H](OCc2ccccc2)C1OCc1ccccc1. The number of hydrogen-bond acceptors (Lipinski definition) is 24. The summed E-state index contributed by atoms with van der Waals surface area (Å²) in [6, 6.07) is 49.7. The standard InChI is InChI=1S/C71H76N4O23/c1-5-47-52(93-69-61(88-39-44-30-18-9-19-31-44)56(51(76)57(95-69)65(79)82-2)86-37-42-26-14-7-15-27-42)55-49(73-71(81)98-55)68(90-47)96-59-58(87-38-43-28-16-8-17-29-43)62(92-64(78)46-34-22-11-23-35-46)70(97-60(59)66(80)83-3)94-53-48(40-89-63(77)45-32-20-10-21-33-45)91-67(84-4)50(74-75-72)54(53)85-36-41-24-12-6-13-25-41/h6-35,47-62,67-70,76H,5,36-40H2,1-4H3,(H,73,81)/t47?,48?,49?,50?,51-,52+,53+,54+,55+,56-,57?,58+,59?,60?,61?,62?,67-,68-,69+,70+/m0/s1. The van der Waals surface area contributed by atoms with Crippen molar-refractivity contribution in [1.29, 1.82) is 0 Å². The maximum Gasteiger partial charge on any atom is 0.408 e. The predicted octanol–water partition coefficient (Wildman–Crippen LogP) is 7.39. The molecule has 0 bridgehead atoms. The summed E-state index contributed by atoms with van der Waals surface area (Å²) in [5.41, 5.74) is 13.2. The number of aliphatic hydroxyl groups is 1. The molecule has 5 saturated heterocycles. The highest BCUT2D eigenvalue weighted by Crippen LogP contribution is 2.41. The van der Waals surface area contributed by atoms with E-state index >= 15 is 0 Å². The smallest absolute Gasteiger partial charge is 0.408 e. The number of nitrogens with one attached hydrogen (secondary N) is 1. The predicted molar refractivity (Wildman–Crippen MR) is 339 cm³/mol. The summed E-state index contributed by atoms with van der Waals surface area (Å²) in [5, 5.41) is 18.8. The molecule has 27 nitrogen and oxygen atoms in total. The van der Waals surface area contributed by atoms with Gasteiger partial charge >= 0.3 is 30.0 Å². The van der Waals surface area contributed by atoms with E-state index < -0.39 is 159 Å². The van der Waals surface area contributed by atoms with Gasteiger partial charge in [-0.3, -0.25) is 0 Å². The van der Waals surface area contributed by atoms with E-state index in [4.69, 9.17) is 80.5 Å².